The highest BCUT2D eigenvalue weighted by molar-refractivity contribution is 7.96. The van der Waals surface area contributed by atoms with Gasteiger partial charge in [-0.15, -0.1) is 0 Å². The second kappa shape index (κ2) is 7.30. The fraction of sp³-hybridized carbons (Fsp3) is 0.923. The van der Waals surface area contributed by atoms with Crippen molar-refractivity contribution in [3.8, 4) is 0 Å². The molecule has 1 unspecified atom stereocenters. The van der Waals surface area contributed by atoms with Crippen molar-refractivity contribution < 1.29 is 22.1 Å². The Labute approximate surface area is 131 Å². The Morgan fingerprint density at radius 1 is 1.24 bits per heavy atom. The van der Waals surface area contributed by atoms with Crippen LogP contribution in [0.4, 0.5) is 0 Å². The summed E-state index contributed by atoms with van der Waals surface area (Å²) in [6.07, 6.45) is -0.387. The van der Waals surface area contributed by atoms with Crippen LogP contribution in [0.25, 0.3) is 0 Å². The first-order valence-electron chi connectivity index (χ1n) is 6.92. The van der Waals surface area contributed by atoms with E-state index in [9.17, 15) is 13.2 Å². The zero-order valence-electron chi connectivity index (χ0n) is 13.3. The number of sulfone groups is 1. The molecule has 1 heterocycles. The van der Waals surface area contributed by atoms with Gasteiger partial charge >= 0.3 is 5.97 Å². The van der Waals surface area contributed by atoms with Crippen molar-refractivity contribution in [3.63, 3.8) is 0 Å². The van der Waals surface area contributed by atoms with Crippen LogP contribution in [0.15, 0.2) is 0 Å². The summed E-state index contributed by atoms with van der Waals surface area (Å²) in [5.41, 5.74) is 0. The summed E-state index contributed by atoms with van der Waals surface area (Å²) < 4.78 is 33.5. The van der Waals surface area contributed by atoms with Gasteiger partial charge in [0.2, 0.25) is 0 Å². The Morgan fingerprint density at radius 3 is 2.19 bits per heavy atom. The highest BCUT2D eigenvalue weighted by Gasteiger charge is 2.37. The van der Waals surface area contributed by atoms with E-state index in [1.165, 1.54) is 19.2 Å². The summed E-state index contributed by atoms with van der Waals surface area (Å²) in [7, 11) is -1.65. The number of nitrogens with zero attached hydrogens (tertiary/aromatic N) is 1. The Bertz CT molecular complexity index is 444. The standard InChI is InChI=1S/C13H25NO5S2/c1-10(19-20-13(2,3)4)11(12(15)18-5)14-6-8-21(16,17)9-7-14/h10-11H,6-9H2,1-5H3/t10-,11?/m1/s1. The largest absolute Gasteiger partial charge is 0.468 e. The first kappa shape index (κ1) is 18.7. The van der Waals surface area contributed by atoms with Gasteiger partial charge in [0.05, 0.1) is 24.7 Å². The van der Waals surface area contributed by atoms with Crippen LogP contribution < -0.4 is 0 Å². The lowest BCUT2D eigenvalue weighted by Gasteiger charge is -2.35. The van der Waals surface area contributed by atoms with Crippen LogP contribution >= 0.6 is 12.0 Å². The first-order valence-corrected chi connectivity index (χ1v) is 9.49. The van der Waals surface area contributed by atoms with Gasteiger partial charge in [-0.3, -0.25) is 9.69 Å². The van der Waals surface area contributed by atoms with Crippen LogP contribution in [0.5, 0.6) is 0 Å². The highest BCUT2D eigenvalue weighted by atomic mass is 32.2. The van der Waals surface area contributed by atoms with Crippen molar-refractivity contribution in [2.45, 2.75) is 44.6 Å². The maximum atomic E-state index is 12.0. The van der Waals surface area contributed by atoms with E-state index in [1.807, 2.05) is 32.6 Å². The van der Waals surface area contributed by atoms with Gasteiger partial charge in [-0.05, 0) is 39.7 Å². The van der Waals surface area contributed by atoms with E-state index in [-0.39, 0.29) is 22.4 Å². The Kier molecular flexibility index (Phi) is 6.52. The molecule has 0 amide bonds. The third-order valence-corrected chi connectivity index (χ3v) is 5.62. The average Bonchev–Trinajstić information content (AvgIpc) is 2.37. The molecule has 0 saturated carbocycles. The van der Waals surface area contributed by atoms with Gasteiger partial charge in [0.1, 0.15) is 6.04 Å². The lowest BCUT2D eigenvalue weighted by molar-refractivity contribution is -0.150. The zero-order valence-corrected chi connectivity index (χ0v) is 14.9. The fourth-order valence-corrected chi connectivity index (χ4v) is 3.81. The molecule has 0 bridgehead atoms. The fourth-order valence-electron chi connectivity index (χ4n) is 2.04. The Balaban J connectivity index is 2.74. The molecule has 1 fully saturated rings. The van der Waals surface area contributed by atoms with Crippen LogP contribution in [-0.4, -0.2) is 67.9 Å². The van der Waals surface area contributed by atoms with Crippen molar-refractivity contribution in [3.05, 3.63) is 0 Å². The molecule has 1 aliphatic heterocycles. The summed E-state index contributed by atoms with van der Waals surface area (Å²) in [4.78, 5) is 13.9. The molecular formula is C13H25NO5S2. The lowest BCUT2D eigenvalue weighted by atomic mass is 10.1. The molecule has 0 aromatic carbocycles. The van der Waals surface area contributed by atoms with E-state index in [4.69, 9.17) is 8.92 Å². The molecule has 1 saturated heterocycles. The molecule has 21 heavy (non-hydrogen) atoms. The maximum Gasteiger partial charge on any atom is 0.325 e. The van der Waals surface area contributed by atoms with Gasteiger partial charge in [-0.2, -0.15) is 0 Å². The molecule has 1 aliphatic rings. The second-order valence-corrected chi connectivity index (χ2v) is 10.0. The van der Waals surface area contributed by atoms with Gasteiger partial charge in [-0.25, -0.2) is 8.42 Å². The van der Waals surface area contributed by atoms with Gasteiger partial charge in [-0.1, -0.05) is 0 Å². The summed E-state index contributed by atoms with van der Waals surface area (Å²) in [6.45, 7) is 8.52. The third-order valence-electron chi connectivity index (χ3n) is 3.11. The smallest absolute Gasteiger partial charge is 0.325 e. The van der Waals surface area contributed by atoms with E-state index in [1.54, 1.807) is 0 Å². The number of hydrogen-bond acceptors (Lipinski definition) is 7. The zero-order chi connectivity index (χ0) is 16.3. The van der Waals surface area contributed by atoms with Crippen LogP contribution in [0.1, 0.15) is 27.7 Å². The molecule has 1 rings (SSSR count). The van der Waals surface area contributed by atoms with Gasteiger partial charge in [0, 0.05) is 17.8 Å². The highest BCUT2D eigenvalue weighted by Crippen LogP contribution is 2.28. The minimum Gasteiger partial charge on any atom is -0.468 e. The number of esters is 1. The third kappa shape index (κ3) is 6.14. The molecule has 8 heteroatoms. The Hall–Kier alpha value is -0.310. The summed E-state index contributed by atoms with van der Waals surface area (Å²) in [5.74, 6) is -0.254. The summed E-state index contributed by atoms with van der Waals surface area (Å²) in [5, 5.41) is 0. The molecule has 0 aromatic rings. The van der Waals surface area contributed by atoms with Crippen molar-refractivity contribution >= 4 is 27.8 Å². The quantitative estimate of drug-likeness (QED) is 0.549. The normalized spacial score (nSPS) is 22.5. The number of rotatable bonds is 5. The van der Waals surface area contributed by atoms with Crippen molar-refractivity contribution in [2.24, 2.45) is 0 Å². The average molecular weight is 339 g/mol. The maximum absolute atomic E-state index is 12.0. The molecular weight excluding hydrogens is 314 g/mol. The summed E-state index contributed by atoms with van der Waals surface area (Å²) >= 11 is 1.31. The SMILES string of the molecule is COC(=O)C([C@@H](C)OSC(C)(C)C)N1CCS(=O)(=O)CC1. The van der Waals surface area contributed by atoms with Crippen molar-refractivity contribution in [2.75, 3.05) is 31.7 Å². The number of carbonyl (C=O) groups is 1. The molecule has 0 aromatic heterocycles. The Morgan fingerprint density at radius 2 is 1.76 bits per heavy atom. The number of carbonyl (C=O) groups excluding carboxylic acids is 1. The van der Waals surface area contributed by atoms with Gasteiger partial charge < -0.3 is 8.92 Å². The van der Waals surface area contributed by atoms with Gasteiger partial charge in [0.25, 0.3) is 0 Å². The first-order chi connectivity index (χ1) is 9.56. The van der Waals surface area contributed by atoms with Crippen LogP contribution in [0.2, 0.25) is 0 Å². The topological polar surface area (TPSA) is 72.9 Å². The molecule has 0 N–H and O–H groups in total. The molecule has 0 spiro atoms. The molecule has 6 nitrogen and oxygen atoms in total. The van der Waals surface area contributed by atoms with E-state index in [0.29, 0.717) is 13.1 Å². The van der Waals surface area contributed by atoms with E-state index < -0.39 is 21.8 Å². The van der Waals surface area contributed by atoms with Crippen molar-refractivity contribution in [1.82, 2.24) is 4.90 Å². The monoisotopic (exact) mass is 339 g/mol. The van der Waals surface area contributed by atoms with E-state index in [2.05, 4.69) is 0 Å². The number of ether oxygens (including phenoxy) is 1. The van der Waals surface area contributed by atoms with Crippen LogP contribution in [0, 0.1) is 0 Å². The second-order valence-electron chi connectivity index (χ2n) is 6.15. The van der Waals surface area contributed by atoms with Crippen LogP contribution in [0.3, 0.4) is 0 Å². The van der Waals surface area contributed by atoms with E-state index in [0.717, 1.165) is 0 Å². The summed E-state index contributed by atoms with van der Waals surface area (Å²) in [6, 6.07) is -0.583. The predicted octanol–water partition coefficient (Wildman–Crippen LogP) is 1.11. The lowest BCUT2D eigenvalue weighted by Crippen LogP contribution is -2.54. The van der Waals surface area contributed by atoms with Crippen molar-refractivity contribution in [1.29, 1.82) is 0 Å². The molecule has 0 radical (unpaired) electrons. The minimum atomic E-state index is -2.98. The molecule has 124 valence electrons. The molecule has 2 atom stereocenters. The van der Waals surface area contributed by atoms with Crippen LogP contribution in [-0.2, 0) is 23.6 Å². The van der Waals surface area contributed by atoms with Gasteiger partial charge in [0.15, 0.2) is 9.84 Å². The number of hydrogen-bond donors (Lipinski definition) is 0. The van der Waals surface area contributed by atoms with E-state index >= 15 is 0 Å². The number of methoxy groups -OCH3 is 1. The molecule has 0 aliphatic carbocycles. The minimum absolute atomic E-state index is 0.0691. The predicted molar refractivity (Wildman–Crippen MR) is 83.9 cm³/mol.